The van der Waals surface area contributed by atoms with Gasteiger partial charge in [0.25, 0.3) is 5.91 Å². The van der Waals surface area contributed by atoms with Crippen molar-refractivity contribution in [3.63, 3.8) is 0 Å². The van der Waals surface area contributed by atoms with Crippen molar-refractivity contribution in [2.45, 2.75) is 25.8 Å². The number of hydrogen-bond acceptors (Lipinski definition) is 7. The van der Waals surface area contributed by atoms with Gasteiger partial charge in [-0.1, -0.05) is 49.4 Å². The number of ether oxygens (including phenoxy) is 1. The smallest absolute Gasteiger partial charge is 0.259 e. The third kappa shape index (κ3) is 4.52. The second kappa shape index (κ2) is 10.1. The van der Waals surface area contributed by atoms with E-state index < -0.39 is 0 Å². The SMILES string of the molecule is CCC[C@H]1N=C2c3ccccc3N=C(SCC(=O)N3CCN(c4ccccc4OC)CC3)N2C1=O. The number of thioether (sulfide) groups is 1. The molecule has 2 aromatic carbocycles. The standard InChI is InChI=1S/C26H29N5O3S/c1-3-8-20-25(33)31-24(27-20)18-9-4-5-10-19(18)28-26(31)35-17-23(32)30-15-13-29(14-16-30)21-11-6-7-12-22(21)34-2/h4-7,9-12,20H,3,8,13-17H2,1-2H3/t20-/m1/s1. The highest BCUT2D eigenvalue weighted by Crippen LogP contribution is 2.34. The Labute approximate surface area is 209 Å². The van der Waals surface area contributed by atoms with Crippen molar-refractivity contribution in [3.8, 4) is 5.75 Å². The first-order valence-corrected chi connectivity index (χ1v) is 13.0. The topological polar surface area (TPSA) is 77.8 Å². The Kier molecular flexibility index (Phi) is 6.77. The van der Waals surface area contributed by atoms with Crippen LogP contribution in [0.4, 0.5) is 11.4 Å². The number of rotatable bonds is 6. The zero-order chi connectivity index (χ0) is 24.4. The highest BCUT2D eigenvalue weighted by molar-refractivity contribution is 8.14. The summed E-state index contributed by atoms with van der Waals surface area (Å²) in [5, 5.41) is 0.534. The maximum Gasteiger partial charge on any atom is 0.259 e. The van der Waals surface area contributed by atoms with Crippen LogP contribution in [-0.4, -0.2) is 77.7 Å². The van der Waals surface area contributed by atoms with Crippen LogP contribution >= 0.6 is 11.8 Å². The molecule has 0 aliphatic carbocycles. The molecule has 0 N–H and O–H groups in total. The molecule has 2 amide bonds. The van der Waals surface area contributed by atoms with Crippen molar-refractivity contribution >= 4 is 46.0 Å². The molecule has 1 fully saturated rings. The van der Waals surface area contributed by atoms with Crippen molar-refractivity contribution in [1.29, 1.82) is 0 Å². The molecule has 0 unspecified atom stereocenters. The number of anilines is 1. The lowest BCUT2D eigenvalue weighted by atomic mass is 10.1. The molecule has 182 valence electrons. The van der Waals surface area contributed by atoms with E-state index >= 15 is 0 Å². The summed E-state index contributed by atoms with van der Waals surface area (Å²) in [6.07, 6.45) is 1.58. The van der Waals surface area contributed by atoms with Crippen LogP contribution in [0.25, 0.3) is 0 Å². The molecule has 0 saturated carbocycles. The first-order valence-electron chi connectivity index (χ1n) is 12.0. The predicted octanol–water partition coefficient (Wildman–Crippen LogP) is 3.54. The molecule has 3 aliphatic rings. The number of benzene rings is 2. The first kappa shape index (κ1) is 23.4. The van der Waals surface area contributed by atoms with E-state index in [-0.39, 0.29) is 23.6 Å². The van der Waals surface area contributed by atoms with Crippen LogP contribution in [-0.2, 0) is 9.59 Å². The zero-order valence-corrected chi connectivity index (χ0v) is 20.8. The number of carbonyl (C=O) groups excluding carboxylic acids is 2. The summed E-state index contributed by atoms with van der Waals surface area (Å²) in [4.78, 5) is 41.4. The van der Waals surface area contributed by atoms with Gasteiger partial charge in [0.1, 0.15) is 17.6 Å². The van der Waals surface area contributed by atoms with Crippen LogP contribution in [0.15, 0.2) is 58.5 Å². The maximum atomic E-state index is 13.1. The van der Waals surface area contributed by atoms with Gasteiger partial charge in [-0.15, -0.1) is 0 Å². The fraction of sp³-hybridized carbons (Fsp3) is 0.385. The van der Waals surface area contributed by atoms with Crippen molar-refractivity contribution in [3.05, 3.63) is 54.1 Å². The Morgan fingerprint density at radius 1 is 1.09 bits per heavy atom. The summed E-state index contributed by atoms with van der Waals surface area (Å²) in [5.74, 6) is 1.71. The summed E-state index contributed by atoms with van der Waals surface area (Å²) in [5.41, 5.74) is 2.70. The van der Waals surface area contributed by atoms with E-state index in [1.54, 1.807) is 12.0 Å². The zero-order valence-electron chi connectivity index (χ0n) is 20.0. The molecule has 5 rings (SSSR count). The summed E-state index contributed by atoms with van der Waals surface area (Å²) in [6, 6.07) is 15.3. The van der Waals surface area contributed by atoms with E-state index in [1.807, 2.05) is 53.4 Å². The summed E-state index contributed by atoms with van der Waals surface area (Å²) in [6.45, 7) is 4.81. The van der Waals surface area contributed by atoms with Gasteiger partial charge in [-0.3, -0.25) is 14.6 Å². The molecule has 3 heterocycles. The molecule has 2 aromatic rings. The average molecular weight is 492 g/mol. The molecular weight excluding hydrogens is 462 g/mol. The van der Waals surface area contributed by atoms with Crippen LogP contribution in [0.1, 0.15) is 25.3 Å². The molecule has 3 aliphatic heterocycles. The van der Waals surface area contributed by atoms with E-state index in [1.165, 1.54) is 11.8 Å². The van der Waals surface area contributed by atoms with Crippen LogP contribution in [0.5, 0.6) is 5.75 Å². The number of hydrogen-bond donors (Lipinski definition) is 0. The van der Waals surface area contributed by atoms with Crippen LogP contribution in [0.3, 0.4) is 0 Å². The number of methoxy groups -OCH3 is 1. The van der Waals surface area contributed by atoms with E-state index in [0.29, 0.717) is 30.5 Å². The molecule has 1 saturated heterocycles. The van der Waals surface area contributed by atoms with E-state index in [2.05, 4.69) is 11.8 Å². The Balaban J connectivity index is 1.25. The van der Waals surface area contributed by atoms with Gasteiger partial charge in [0.05, 0.1) is 24.2 Å². The minimum absolute atomic E-state index is 0.0477. The fourth-order valence-electron chi connectivity index (χ4n) is 4.67. The lowest BCUT2D eigenvalue weighted by molar-refractivity contribution is -0.128. The molecule has 0 spiro atoms. The lowest BCUT2D eigenvalue weighted by Crippen LogP contribution is -2.49. The molecule has 35 heavy (non-hydrogen) atoms. The molecular formula is C26H29N5O3S. The number of para-hydroxylation sites is 3. The van der Waals surface area contributed by atoms with Gasteiger partial charge < -0.3 is 14.5 Å². The predicted molar refractivity (Wildman–Crippen MR) is 140 cm³/mol. The monoisotopic (exact) mass is 491 g/mol. The molecule has 9 heteroatoms. The molecule has 0 bridgehead atoms. The molecule has 0 radical (unpaired) electrons. The summed E-state index contributed by atoms with van der Waals surface area (Å²) in [7, 11) is 1.67. The summed E-state index contributed by atoms with van der Waals surface area (Å²) < 4.78 is 5.49. The van der Waals surface area contributed by atoms with E-state index in [4.69, 9.17) is 14.7 Å². The fourth-order valence-corrected chi connectivity index (χ4v) is 5.57. The number of carbonyl (C=O) groups is 2. The van der Waals surface area contributed by atoms with Crippen LogP contribution < -0.4 is 9.64 Å². The lowest BCUT2D eigenvalue weighted by Gasteiger charge is -2.36. The Morgan fingerprint density at radius 2 is 1.83 bits per heavy atom. The molecule has 8 nitrogen and oxygen atoms in total. The third-order valence-electron chi connectivity index (χ3n) is 6.49. The van der Waals surface area contributed by atoms with Gasteiger partial charge in [-0.2, -0.15) is 0 Å². The normalized spacial score (nSPS) is 19.2. The van der Waals surface area contributed by atoms with Gasteiger partial charge in [0.2, 0.25) is 5.91 Å². The van der Waals surface area contributed by atoms with Gasteiger partial charge in [-0.25, -0.2) is 9.89 Å². The van der Waals surface area contributed by atoms with E-state index in [0.717, 1.165) is 42.2 Å². The number of amides is 2. The van der Waals surface area contributed by atoms with Gasteiger partial charge >= 0.3 is 0 Å². The Morgan fingerprint density at radius 3 is 2.60 bits per heavy atom. The average Bonchev–Trinajstić information content (AvgIpc) is 3.23. The van der Waals surface area contributed by atoms with Crippen molar-refractivity contribution < 1.29 is 14.3 Å². The Bertz CT molecular complexity index is 1190. The van der Waals surface area contributed by atoms with Crippen LogP contribution in [0.2, 0.25) is 0 Å². The number of fused-ring (bicyclic) bond motifs is 3. The van der Waals surface area contributed by atoms with Gasteiger partial charge in [0.15, 0.2) is 5.17 Å². The number of aliphatic imine (C=N–C) groups is 2. The van der Waals surface area contributed by atoms with Gasteiger partial charge in [-0.05, 0) is 30.7 Å². The Hall–Kier alpha value is -3.33. The number of piperazine rings is 1. The van der Waals surface area contributed by atoms with Crippen molar-refractivity contribution in [1.82, 2.24) is 9.80 Å². The minimum Gasteiger partial charge on any atom is -0.495 e. The minimum atomic E-state index is -0.384. The second-order valence-electron chi connectivity index (χ2n) is 8.67. The van der Waals surface area contributed by atoms with Crippen LogP contribution in [0, 0.1) is 0 Å². The molecule has 0 aromatic heterocycles. The van der Waals surface area contributed by atoms with Gasteiger partial charge in [0, 0.05) is 31.7 Å². The maximum absolute atomic E-state index is 13.1. The van der Waals surface area contributed by atoms with E-state index in [9.17, 15) is 9.59 Å². The number of nitrogens with zero attached hydrogens (tertiary/aromatic N) is 5. The first-order chi connectivity index (χ1) is 17.1. The second-order valence-corrected chi connectivity index (χ2v) is 9.61. The van der Waals surface area contributed by atoms with Crippen molar-refractivity contribution in [2.75, 3.05) is 43.9 Å². The largest absolute Gasteiger partial charge is 0.495 e. The third-order valence-corrected chi connectivity index (χ3v) is 7.42. The number of amidine groups is 2. The van der Waals surface area contributed by atoms with Crippen molar-refractivity contribution in [2.24, 2.45) is 9.98 Å². The summed E-state index contributed by atoms with van der Waals surface area (Å²) >= 11 is 1.32. The quantitative estimate of drug-likeness (QED) is 0.618. The highest BCUT2D eigenvalue weighted by Gasteiger charge is 2.41. The highest BCUT2D eigenvalue weighted by atomic mass is 32.2. The molecule has 1 atom stereocenters.